The number of carbonyl (C=O) groups excluding carboxylic acids is 1. The molecule has 1 fully saturated rings. The fourth-order valence-electron chi connectivity index (χ4n) is 5.15. The number of β-amino-alcohol motifs (C(OH)–C–C–N with tert-alkyl or cyclic N) is 1. The molecule has 6 rings (SSSR count). The van der Waals surface area contributed by atoms with Gasteiger partial charge in [0.2, 0.25) is 0 Å². The van der Waals surface area contributed by atoms with Crippen LogP contribution in [-0.2, 0) is 6.54 Å². The molecule has 0 spiro atoms. The minimum atomic E-state index is -0.227. The van der Waals surface area contributed by atoms with Crippen LogP contribution in [0.2, 0.25) is 0 Å². The first-order chi connectivity index (χ1) is 20.1. The van der Waals surface area contributed by atoms with Crippen molar-refractivity contribution in [3.8, 4) is 17.3 Å². The number of amides is 1. The maximum Gasteiger partial charge on any atom is 0.256 e. The Morgan fingerprint density at radius 2 is 1.76 bits per heavy atom. The molecule has 0 radical (unpaired) electrons. The van der Waals surface area contributed by atoms with E-state index in [0.29, 0.717) is 30.3 Å². The molecule has 1 aliphatic rings. The molecule has 5 aromatic rings. The molecular weight excluding hydrogens is 518 g/mol. The summed E-state index contributed by atoms with van der Waals surface area (Å²) in [5.41, 5.74) is 5.24. The lowest BCUT2D eigenvalue weighted by molar-refractivity contribution is 0.102. The number of aromatic amines is 1. The van der Waals surface area contributed by atoms with Gasteiger partial charge >= 0.3 is 0 Å². The highest BCUT2D eigenvalue weighted by Gasteiger charge is 2.19. The van der Waals surface area contributed by atoms with Gasteiger partial charge in [-0.15, -0.1) is 0 Å². The van der Waals surface area contributed by atoms with Crippen molar-refractivity contribution in [3.05, 3.63) is 90.0 Å². The Bertz CT molecular complexity index is 1590. The topological polar surface area (TPSA) is 112 Å². The quantitative estimate of drug-likeness (QED) is 0.255. The number of aliphatic hydroxyl groups excluding tert-OH is 1. The predicted molar refractivity (Wildman–Crippen MR) is 160 cm³/mol. The molecule has 1 amide bonds. The Morgan fingerprint density at radius 1 is 1.00 bits per heavy atom. The van der Waals surface area contributed by atoms with Crippen LogP contribution in [-0.4, -0.2) is 82.1 Å². The van der Waals surface area contributed by atoms with Crippen molar-refractivity contribution in [2.75, 3.05) is 56.7 Å². The van der Waals surface area contributed by atoms with Crippen molar-refractivity contribution in [1.29, 1.82) is 0 Å². The Hall–Kier alpha value is -4.67. The third kappa shape index (κ3) is 5.93. The number of piperazine rings is 1. The molecule has 3 N–H and O–H groups in total. The van der Waals surface area contributed by atoms with Gasteiger partial charge in [0.1, 0.15) is 11.4 Å². The molecule has 1 saturated heterocycles. The molecule has 3 aromatic carbocycles. The number of benzene rings is 3. The molecule has 41 heavy (non-hydrogen) atoms. The number of ether oxygens (including phenoxy) is 1. The summed E-state index contributed by atoms with van der Waals surface area (Å²) >= 11 is 0. The minimum Gasteiger partial charge on any atom is -0.497 e. The minimum absolute atomic E-state index is 0.184. The Kier molecular flexibility index (Phi) is 7.66. The lowest BCUT2D eigenvalue weighted by Crippen LogP contribution is -2.47. The van der Waals surface area contributed by atoms with Crippen LogP contribution in [0.25, 0.3) is 22.6 Å². The first-order valence-corrected chi connectivity index (χ1v) is 13.7. The van der Waals surface area contributed by atoms with Gasteiger partial charge in [-0.1, -0.05) is 24.3 Å². The summed E-state index contributed by atoms with van der Waals surface area (Å²) in [6, 6.07) is 25.2. The van der Waals surface area contributed by atoms with Gasteiger partial charge in [0, 0.05) is 50.0 Å². The lowest BCUT2D eigenvalue weighted by Gasteiger charge is -2.35. The molecule has 0 unspecified atom stereocenters. The third-order valence-electron chi connectivity index (χ3n) is 7.43. The first kappa shape index (κ1) is 26.5. The van der Waals surface area contributed by atoms with Crippen LogP contribution in [0.5, 0.6) is 5.75 Å². The van der Waals surface area contributed by atoms with E-state index in [1.807, 2.05) is 83.5 Å². The predicted octanol–water partition coefficient (Wildman–Crippen LogP) is 3.85. The number of fused-ring (bicyclic) bond motifs is 1. The van der Waals surface area contributed by atoms with Crippen LogP contribution in [0.15, 0.2) is 78.9 Å². The standard InChI is InChI=1S/C31H33N7O3/c1-41-25-12-6-22(7-13-25)21-38-28(30-32-26-4-2-3-5-27(26)33-30)20-29(35-38)34-31(40)23-8-10-24(11-9-23)37-16-14-36(15-17-37)18-19-39/h2-13,20,39H,14-19,21H2,1H3,(H,32,33)(H,34,35,40). The molecule has 10 heteroatoms. The van der Waals surface area contributed by atoms with Gasteiger partial charge in [0.15, 0.2) is 11.6 Å². The summed E-state index contributed by atoms with van der Waals surface area (Å²) < 4.78 is 7.14. The summed E-state index contributed by atoms with van der Waals surface area (Å²) in [6.07, 6.45) is 0. The maximum atomic E-state index is 13.2. The molecule has 0 bridgehead atoms. The van der Waals surface area contributed by atoms with E-state index in [1.165, 1.54) is 0 Å². The second kappa shape index (κ2) is 11.8. The van der Waals surface area contributed by atoms with E-state index in [2.05, 4.69) is 20.1 Å². The van der Waals surface area contributed by atoms with Crippen molar-refractivity contribution >= 4 is 28.4 Å². The summed E-state index contributed by atoms with van der Waals surface area (Å²) in [7, 11) is 1.64. The van der Waals surface area contributed by atoms with Gasteiger partial charge < -0.3 is 25.0 Å². The normalized spacial score (nSPS) is 14.0. The van der Waals surface area contributed by atoms with Crippen LogP contribution < -0.4 is 15.0 Å². The SMILES string of the molecule is COc1ccc(Cn2nc(NC(=O)c3ccc(N4CCN(CCO)CC4)cc3)cc2-c2nc3ccccc3[nH]2)cc1. The highest BCUT2D eigenvalue weighted by Crippen LogP contribution is 2.25. The van der Waals surface area contributed by atoms with Gasteiger partial charge in [-0.3, -0.25) is 14.4 Å². The van der Waals surface area contributed by atoms with E-state index in [1.54, 1.807) is 7.11 Å². The fraction of sp³-hybridized carbons (Fsp3) is 0.258. The van der Waals surface area contributed by atoms with Crippen LogP contribution in [0.3, 0.4) is 0 Å². The van der Waals surface area contributed by atoms with Gasteiger partial charge in [0.05, 0.1) is 31.3 Å². The maximum absolute atomic E-state index is 13.2. The van der Waals surface area contributed by atoms with E-state index in [9.17, 15) is 9.90 Å². The third-order valence-corrected chi connectivity index (χ3v) is 7.43. The second-order valence-corrected chi connectivity index (χ2v) is 10.1. The summed E-state index contributed by atoms with van der Waals surface area (Å²) in [5, 5.41) is 16.9. The van der Waals surface area contributed by atoms with E-state index < -0.39 is 0 Å². The van der Waals surface area contributed by atoms with Gasteiger partial charge in [-0.25, -0.2) is 4.98 Å². The summed E-state index contributed by atoms with van der Waals surface area (Å²) in [4.78, 5) is 25.9. The number of nitrogens with one attached hydrogen (secondary N) is 2. The number of hydrogen-bond acceptors (Lipinski definition) is 7. The zero-order chi connectivity index (χ0) is 28.2. The lowest BCUT2D eigenvalue weighted by atomic mass is 10.1. The van der Waals surface area contributed by atoms with Gasteiger partial charge in [-0.2, -0.15) is 5.10 Å². The molecule has 0 atom stereocenters. The molecule has 2 aromatic heterocycles. The highest BCUT2D eigenvalue weighted by molar-refractivity contribution is 6.04. The molecule has 3 heterocycles. The number of aromatic nitrogens is 4. The molecular formula is C31H33N7O3. The molecule has 10 nitrogen and oxygen atoms in total. The monoisotopic (exact) mass is 551 g/mol. The van der Waals surface area contributed by atoms with Crippen molar-refractivity contribution in [3.63, 3.8) is 0 Å². The number of H-pyrrole nitrogens is 1. The summed E-state index contributed by atoms with van der Waals surface area (Å²) in [5.74, 6) is 1.68. The van der Waals surface area contributed by atoms with Crippen LogP contribution >= 0.6 is 0 Å². The molecule has 1 aliphatic heterocycles. The van der Waals surface area contributed by atoms with E-state index in [0.717, 1.165) is 59.9 Å². The number of anilines is 2. The Balaban J connectivity index is 1.21. The average Bonchev–Trinajstić information content (AvgIpc) is 3.62. The van der Waals surface area contributed by atoms with Crippen LogP contribution in [0.4, 0.5) is 11.5 Å². The second-order valence-electron chi connectivity index (χ2n) is 10.1. The van der Waals surface area contributed by atoms with E-state index >= 15 is 0 Å². The fourth-order valence-corrected chi connectivity index (χ4v) is 5.15. The number of carbonyl (C=O) groups is 1. The number of methoxy groups -OCH3 is 1. The Labute approximate surface area is 238 Å². The Morgan fingerprint density at radius 3 is 2.46 bits per heavy atom. The number of aliphatic hydroxyl groups is 1. The van der Waals surface area contributed by atoms with E-state index in [-0.39, 0.29) is 12.5 Å². The highest BCUT2D eigenvalue weighted by atomic mass is 16.5. The number of imidazole rings is 1. The van der Waals surface area contributed by atoms with Crippen LogP contribution in [0, 0.1) is 0 Å². The first-order valence-electron chi connectivity index (χ1n) is 13.7. The molecule has 0 aliphatic carbocycles. The van der Waals surface area contributed by atoms with Crippen molar-refractivity contribution < 1.29 is 14.6 Å². The average molecular weight is 552 g/mol. The molecule has 0 saturated carbocycles. The largest absolute Gasteiger partial charge is 0.497 e. The van der Waals surface area contributed by atoms with Crippen molar-refractivity contribution in [2.45, 2.75) is 6.54 Å². The zero-order valence-corrected chi connectivity index (χ0v) is 23.0. The van der Waals surface area contributed by atoms with Crippen LogP contribution in [0.1, 0.15) is 15.9 Å². The summed E-state index contributed by atoms with van der Waals surface area (Å²) in [6.45, 7) is 4.99. The van der Waals surface area contributed by atoms with Crippen molar-refractivity contribution in [1.82, 2.24) is 24.6 Å². The zero-order valence-electron chi connectivity index (χ0n) is 23.0. The number of hydrogen-bond donors (Lipinski definition) is 3. The van der Waals surface area contributed by atoms with Gasteiger partial charge in [-0.05, 0) is 54.1 Å². The molecule has 210 valence electrons. The number of nitrogens with zero attached hydrogens (tertiary/aromatic N) is 5. The van der Waals surface area contributed by atoms with Crippen molar-refractivity contribution in [2.24, 2.45) is 0 Å². The number of para-hydroxylation sites is 2. The van der Waals surface area contributed by atoms with Gasteiger partial charge in [0.25, 0.3) is 5.91 Å². The van der Waals surface area contributed by atoms with E-state index in [4.69, 9.17) is 14.8 Å². The smallest absolute Gasteiger partial charge is 0.256 e. The number of rotatable bonds is 9.